The van der Waals surface area contributed by atoms with Crippen LogP contribution < -0.4 is 10.7 Å². The van der Waals surface area contributed by atoms with Crippen LogP contribution >= 0.6 is 32.4 Å². The van der Waals surface area contributed by atoms with E-state index in [2.05, 4.69) is 41.0 Å². The number of halogens is 2. The fourth-order valence-corrected chi connectivity index (χ4v) is 1.04. The Labute approximate surface area is 127 Å². The number of thiocarbonyl (C=S) groups is 1. The zero-order valence-electron chi connectivity index (χ0n) is 10.1. The maximum atomic E-state index is 4.90. The number of nitrogens with zero attached hydrogens (tertiary/aromatic N) is 2. The second-order valence-electron chi connectivity index (χ2n) is 3.10. The summed E-state index contributed by atoms with van der Waals surface area (Å²) in [5.74, 6) is 0. The molecule has 0 saturated carbocycles. The number of rotatable bonds is 2. The van der Waals surface area contributed by atoms with Crippen molar-refractivity contribution in [2.75, 3.05) is 7.05 Å². The average molecular weight is 357 g/mol. The summed E-state index contributed by atoms with van der Waals surface area (Å²) in [6.07, 6.45) is 0. The van der Waals surface area contributed by atoms with Gasteiger partial charge in [-0.3, -0.25) is 10.4 Å². The normalized spacial score (nSPS) is 10.4. The molecule has 8 heteroatoms. The molecule has 0 amide bonds. The summed E-state index contributed by atoms with van der Waals surface area (Å²) >= 11 is 5.66. The summed E-state index contributed by atoms with van der Waals surface area (Å²) in [5.41, 5.74) is 5.34. The molecule has 2 N–H and O–H groups in total. The van der Waals surface area contributed by atoms with Crippen LogP contribution in [0.25, 0.3) is 0 Å². The minimum atomic E-state index is 0.488. The molecule has 0 radical (unpaired) electrons. The Kier molecular flexibility index (Phi) is 10.3. The van der Waals surface area contributed by atoms with Crippen molar-refractivity contribution >= 4 is 43.2 Å². The fraction of sp³-hybridized carbons (Fsp3) is 0.300. The van der Waals surface area contributed by atoms with Gasteiger partial charge in [-0.2, -0.15) is 5.10 Å². The standard InChI is InChI=1S/C10H14N4S.2ClH.Cu/c1-7-5-4-6-9(12-7)8(2)13-14-10(15)11-3;;;/h4-6H,1-3H3,(H2,11,14,15);2*1H;/q;;;+2/p-2/b13-8+;;;. The molecule has 0 bridgehead atoms. The predicted molar refractivity (Wildman–Crippen MR) is 77.7 cm³/mol. The van der Waals surface area contributed by atoms with Gasteiger partial charge in [-0.1, -0.05) is 6.07 Å². The summed E-state index contributed by atoms with van der Waals surface area (Å²) < 4.78 is 0. The van der Waals surface area contributed by atoms with Crippen LogP contribution in [-0.2, 0) is 13.1 Å². The average Bonchev–Trinajstić information content (AvgIpc) is 2.36. The van der Waals surface area contributed by atoms with Crippen LogP contribution in [0.3, 0.4) is 0 Å². The molecule has 0 atom stereocenters. The molecular formula is C10H14Cl2CuN4S. The molecule has 1 aromatic rings. The predicted octanol–water partition coefficient (Wildman–Crippen LogP) is 2.58. The van der Waals surface area contributed by atoms with E-state index in [-0.39, 0.29) is 0 Å². The Morgan fingerprint density at radius 1 is 1.44 bits per heavy atom. The third-order valence-corrected chi connectivity index (χ3v) is 2.11. The van der Waals surface area contributed by atoms with E-state index in [1.54, 1.807) is 7.05 Å². The topological polar surface area (TPSA) is 49.3 Å². The molecule has 4 nitrogen and oxygen atoms in total. The molecule has 0 saturated heterocycles. The third-order valence-electron chi connectivity index (χ3n) is 1.81. The fourth-order valence-electron chi connectivity index (χ4n) is 0.992. The first-order valence-electron chi connectivity index (χ1n) is 4.82. The van der Waals surface area contributed by atoms with Gasteiger partial charge in [0.1, 0.15) is 0 Å². The Hall–Kier alpha value is -0.391. The maximum absolute atomic E-state index is 4.90. The van der Waals surface area contributed by atoms with Gasteiger partial charge in [0.2, 0.25) is 0 Å². The van der Waals surface area contributed by atoms with Crippen LogP contribution in [0.5, 0.6) is 0 Å². The molecule has 0 aliphatic heterocycles. The van der Waals surface area contributed by atoms with Crippen LogP contribution in [0.4, 0.5) is 0 Å². The van der Waals surface area contributed by atoms with E-state index in [0.717, 1.165) is 30.2 Å². The van der Waals surface area contributed by atoms with Gasteiger partial charge in [-0.25, -0.2) is 0 Å². The van der Waals surface area contributed by atoms with E-state index in [0.29, 0.717) is 5.11 Å². The van der Waals surface area contributed by atoms with Crippen molar-refractivity contribution in [1.29, 1.82) is 0 Å². The number of pyridine rings is 1. The molecule has 0 spiro atoms. The SMILES string of the molecule is CNC(=S)N/N=C(\C)c1cccc(C)n1.[Cl][Cu][Cl]. The molecule has 0 aromatic carbocycles. The number of aromatic nitrogens is 1. The Morgan fingerprint density at radius 2 is 2.06 bits per heavy atom. The molecule has 0 fully saturated rings. The minimum absolute atomic E-state index is 0.488. The Morgan fingerprint density at radius 3 is 2.56 bits per heavy atom. The van der Waals surface area contributed by atoms with E-state index >= 15 is 0 Å². The monoisotopic (exact) mass is 355 g/mol. The summed E-state index contributed by atoms with van der Waals surface area (Å²) in [6.45, 7) is 3.83. The van der Waals surface area contributed by atoms with Crippen molar-refractivity contribution in [3.63, 3.8) is 0 Å². The molecule has 1 aromatic heterocycles. The molecule has 0 unspecified atom stereocenters. The molecule has 105 valence electrons. The summed E-state index contributed by atoms with van der Waals surface area (Å²) in [7, 11) is 11.1. The summed E-state index contributed by atoms with van der Waals surface area (Å²) in [5, 5.41) is 7.37. The Bertz CT molecular complexity index is 415. The van der Waals surface area contributed by atoms with E-state index in [9.17, 15) is 0 Å². The Balaban J connectivity index is 0.000000873. The van der Waals surface area contributed by atoms with Crippen molar-refractivity contribution in [2.24, 2.45) is 5.10 Å². The first-order chi connectivity index (χ1) is 8.54. The van der Waals surface area contributed by atoms with Gasteiger partial charge in [0.15, 0.2) is 5.11 Å². The summed E-state index contributed by atoms with van der Waals surface area (Å²) in [4.78, 5) is 4.34. The second-order valence-corrected chi connectivity index (χ2v) is 5.06. The van der Waals surface area contributed by atoms with Crippen LogP contribution in [0.15, 0.2) is 23.3 Å². The molecule has 18 heavy (non-hydrogen) atoms. The van der Waals surface area contributed by atoms with Crippen molar-refractivity contribution in [3.8, 4) is 0 Å². The number of hydrogen-bond acceptors (Lipinski definition) is 3. The van der Waals surface area contributed by atoms with Crippen LogP contribution in [0, 0.1) is 6.92 Å². The second kappa shape index (κ2) is 10.5. The quantitative estimate of drug-likeness (QED) is 0.370. The van der Waals surface area contributed by atoms with Gasteiger partial charge < -0.3 is 5.32 Å². The van der Waals surface area contributed by atoms with E-state index in [1.165, 1.54) is 0 Å². The van der Waals surface area contributed by atoms with E-state index in [1.807, 2.05) is 32.0 Å². The van der Waals surface area contributed by atoms with Gasteiger partial charge in [0, 0.05) is 12.7 Å². The molecule has 0 aliphatic carbocycles. The number of hydrazone groups is 1. The number of hydrogen-bond donors (Lipinski definition) is 2. The van der Waals surface area contributed by atoms with Crippen molar-refractivity contribution in [2.45, 2.75) is 13.8 Å². The number of nitrogens with one attached hydrogen (secondary N) is 2. The van der Waals surface area contributed by atoms with Crippen molar-refractivity contribution < 1.29 is 13.1 Å². The third kappa shape index (κ3) is 7.84. The molecule has 1 rings (SSSR count). The van der Waals surface area contributed by atoms with Crippen LogP contribution in [0.2, 0.25) is 0 Å². The van der Waals surface area contributed by atoms with Gasteiger partial charge in [-0.15, -0.1) is 0 Å². The first kappa shape index (κ1) is 17.6. The zero-order chi connectivity index (χ0) is 14.0. The summed E-state index contributed by atoms with van der Waals surface area (Å²) in [6, 6.07) is 5.81. The number of aryl methyl sites for hydroxylation is 1. The van der Waals surface area contributed by atoms with Crippen molar-refractivity contribution in [1.82, 2.24) is 15.7 Å². The van der Waals surface area contributed by atoms with E-state index in [4.69, 9.17) is 12.2 Å². The van der Waals surface area contributed by atoms with Crippen LogP contribution in [0.1, 0.15) is 18.3 Å². The van der Waals surface area contributed by atoms with Gasteiger partial charge >= 0.3 is 33.3 Å². The zero-order valence-corrected chi connectivity index (χ0v) is 13.4. The first-order valence-corrected chi connectivity index (χ1v) is 7.82. The molecular weight excluding hydrogens is 343 g/mol. The van der Waals surface area contributed by atoms with Crippen LogP contribution in [-0.4, -0.2) is 22.9 Å². The van der Waals surface area contributed by atoms with E-state index < -0.39 is 0 Å². The van der Waals surface area contributed by atoms with Gasteiger partial charge in [0.05, 0.1) is 11.4 Å². The molecule has 0 aliphatic rings. The van der Waals surface area contributed by atoms with Gasteiger partial charge in [-0.05, 0) is 38.2 Å². The molecule has 1 heterocycles. The van der Waals surface area contributed by atoms with Gasteiger partial charge in [0.25, 0.3) is 0 Å². The van der Waals surface area contributed by atoms with Crippen molar-refractivity contribution in [3.05, 3.63) is 29.6 Å².